The number of nitrogens with one attached hydrogen (secondary N) is 1. The number of ether oxygens (including phenoxy) is 1. The fraction of sp³-hybridized carbons (Fsp3) is 0.400. The number of para-hydroxylation sites is 1. The minimum atomic E-state index is 0.0568. The molecule has 2 fully saturated rings. The summed E-state index contributed by atoms with van der Waals surface area (Å²) < 4.78 is 5.69. The Bertz CT molecular complexity index is 729. The fourth-order valence-electron chi connectivity index (χ4n) is 3.63. The van der Waals surface area contributed by atoms with Crippen LogP contribution in [0.4, 0.5) is 0 Å². The van der Waals surface area contributed by atoms with Crippen molar-refractivity contribution in [2.75, 3.05) is 39.3 Å². The molecule has 2 aliphatic heterocycles. The van der Waals surface area contributed by atoms with Crippen molar-refractivity contribution in [3.8, 4) is 11.6 Å². The molecule has 0 spiro atoms. The second-order valence-electron chi connectivity index (χ2n) is 6.78. The number of carbonyl (C=O) groups is 1. The Morgan fingerprint density at radius 1 is 1.08 bits per heavy atom. The summed E-state index contributed by atoms with van der Waals surface area (Å²) in [6.45, 7) is 5.84. The van der Waals surface area contributed by atoms with E-state index in [-0.39, 0.29) is 5.91 Å². The van der Waals surface area contributed by atoms with Crippen molar-refractivity contribution >= 4 is 5.91 Å². The van der Waals surface area contributed by atoms with Gasteiger partial charge in [0, 0.05) is 57.6 Å². The highest BCUT2D eigenvalue weighted by Gasteiger charge is 2.31. The lowest BCUT2D eigenvalue weighted by Crippen LogP contribution is -2.49. The molecule has 6 heteroatoms. The van der Waals surface area contributed by atoms with Crippen molar-refractivity contribution in [3.63, 3.8) is 0 Å². The fourth-order valence-corrected chi connectivity index (χ4v) is 3.63. The molecule has 4 rings (SSSR count). The quantitative estimate of drug-likeness (QED) is 0.912. The Labute approximate surface area is 153 Å². The molecule has 1 aromatic heterocycles. The number of nitrogens with zero attached hydrogens (tertiary/aromatic N) is 3. The van der Waals surface area contributed by atoms with Crippen molar-refractivity contribution in [2.45, 2.75) is 12.5 Å². The van der Waals surface area contributed by atoms with Gasteiger partial charge < -0.3 is 15.0 Å². The zero-order chi connectivity index (χ0) is 17.8. The first kappa shape index (κ1) is 17.0. The van der Waals surface area contributed by atoms with Crippen LogP contribution in [-0.4, -0.2) is 66.0 Å². The van der Waals surface area contributed by atoms with Crippen LogP contribution in [-0.2, 0) is 0 Å². The van der Waals surface area contributed by atoms with Crippen LogP contribution in [0.15, 0.2) is 48.7 Å². The molecule has 2 aliphatic rings. The number of hydrogen-bond donors (Lipinski definition) is 1. The highest BCUT2D eigenvalue weighted by molar-refractivity contribution is 5.94. The van der Waals surface area contributed by atoms with Gasteiger partial charge in [-0.05, 0) is 24.6 Å². The monoisotopic (exact) mass is 352 g/mol. The highest BCUT2D eigenvalue weighted by atomic mass is 16.5. The van der Waals surface area contributed by atoms with E-state index in [1.807, 2.05) is 35.2 Å². The van der Waals surface area contributed by atoms with E-state index >= 15 is 0 Å². The molecule has 0 bridgehead atoms. The van der Waals surface area contributed by atoms with Crippen LogP contribution in [0.5, 0.6) is 11.6 Å². The van der Waals surface area contributed by atoms with Gasteiger partial charge in [0.2, 0.25) is 5.88 Å². The Balaban J connectivity index is 1.36. The molecule has 2 saturated heterocycles. The molecular weight excluding hydrogens is 328 g/mol. The lowest BCUT2D eigenvalue weighted by atomic mass is 10.2. The SMILES string of the molecule is O=C(c1ccc(Oc2ccccc2)nc1)N1CCC(N2CCNCC2)C1. The van der Waals surface area contributed by atoms with Crippen LogP contribution >= 0.6 is 0 Å². The first-order valence-electron chi connectivity index (χ1n) is 9.22. The van der Waals surface area contributed by atoms with E-state index in [4.69, 9.17) is 4.74 Å². The van der Waals surface area contributed by atoms with Crippen LogP contribution in [0, 0.1) is 0 Å². The lowest BCUT2D eigenvalue weighted by Gasteiger charge is -2.32. The van der Waals surface area contributed by atoms with Gasteiger partial charge in [-0.15, -0.1) is 0 Å². The molecule has 1 atom stereocenters. The number of hydrogen-bond acceptors (Lipinski definition) is 5. The number of pyridine rings is 1. The van der Waals surface area contributed by atoms with Gasteiger partial charge >= 0.3 is 0 Å². The molecule has 6 nitrogen and oxygen atoms in total. The van der Waals surface area contributed by atoms with E-state index in [2.05, 4.69) is 15.2 Å². The maximum absolute atomic E-state index is 12.8. The summed E-state index contributed by atoms with van der Waals surface area (Å²) in [5.74, 6) is 1.28. The number of rotatable bonds is 4. The Morgan fingerprint density at radius 2 is 1.88 bits per heavy atom. The standard InChI is InChI=1S/C20H24N4O2/c25-20(24-11-8-17(15-24)23-12-9-21-10-13-23)16-6-7-19(22-14-16)26-18-4-2-1-3-5-18/h1-7,14,17,21H,8-13,15H2. The van der Waals surface area contributed by atoms with E-state index in [1.54, 1.807) is 18.3 Å². The van der Waals surface area contributed by atoms with Crippen LogP contribution in [0.25, 0.3) is 0 Å². The van der Waals surface area contributed by atoms with Gasteiger partial charge in [-0.25, -0.2) is 4.98 Å². The molecule has 1 amide bonds. The van der Waals surface area contributed by atoms with Gasteiger partial charge in [-0.2, -0.15) is 0 Å². The van der Waals surface area contributed by atoms with Crippen molar-refractivity contribution in [1.82, 2.24) is 20.1 Å². The molecule has 3 heterocycles. The van der Waals surface area contributed by atoms with E-state index in [9.17, 15) is 4.79 Å². The predicted octanol–water partition coefficient (Wildman–Crippen LogP) is 1.99. The maximum atomic E-state index is 12.8. The molecule has 0 saturated carbocycles. The van der Waals surface area contributed by atoms with Gasteiger partial charge in [0.15, 0.2) is 0 Å². The molecule has 0 aliphatic carbocycles. The summed E-state index contributed by atoms with van der Waals surface area (Å²) in [4.78, 5) is 21.5. The first-order valence-corrected chi connectivity index (χ1v) is 9.22. The van der Waals surface area contributed by atoms with Crippen LogP contribution < -0.4 is 10.1 Å². The topological polar surface area (TPSA) is 57.7 Å². The third kappa shape index (κ3) is 3.86. The van der Waals surface area contributed by atoms with E-state index in [0.29, 0.717) is 17.5 Å². The summed E-state index contributed by atoms with van der Waals surface area (Å²) >= 11 is 0. The molecule has 2 aromatic rings. The second kappa shape index (κ2) is 7.85. The predicted molar refractivity (Wildman–Crippen MR) is 99.5 cm³/mol. The normalized spacial score (nSPS) is 20.9. The molecule has 1 N–H and O–H groups in total. The average Bonchev–Trinajstić information content (AvgIpc) is 3.20. The number of piperazine rings is 1. The maximum Gasteiger partial charge on any atom is 0.255 e. The highest BCUT2D eigenvalue weighted by Crippen LogP contribution is 2.21. The Kier molecular flexibility index (Phi) is 5.13. The number of aromatic nitrogens is 1. The summed E-state index contributed by atoms with van der Waals surface area (Å²) in [5, 5.41) is 3.38. The van der Waals surface area contributed by atoms with E-state index < -0.39 is 0 Å². The van der Waals surface area contributed by atoms with Crippen molar-refractivity contribution < 1.29 is 9.53 Å². The molecule has 1 unspecified atom stereocenters. The molecule has 1 aromatic carbocycles. The van der Waals surface area contributed by atoms with Gasteiger partial charge in [0.1, 0.15) is 5.75 Å². The zero-order valence-corrected chi connectivity index (χ0v) is 14.8. The number of benzene rings is 1. The largest absolute Gasteiger partial charge is 0.439 e. The zero-order valence-electron chi connectivity index (χ0n) is 14.8. The molecule has 136 valence electrons. The summed E-state index contributed by atoms with van der Waals surface area (Å²) in [5.41, 5.74) is 0.617. The summed E-state index contributed by atoms with van der Waals surface area (Å²) in [7, 11) is 0. The van der Waals surface area contributed by atoms with Gasteiger partial charge in [0.25, 0.3) is 5.91 Å². The smallest absolute Gasteiger partial charge is 0.255 e. The Morgan fingerprint density at radius 3 is 2.62 bits per heavy atom. The number of likely N-dealkylation sites (tertiary alicyclic amines) is 1. The number of amides is 1. The summed E-state index contributed by atoms with van der Waals surface area (Å²) in [6.07, 6.45) is 2.66. The number of carbonyl (C=O) groups excluding carboxylic acids is 1. The minimum Gasteiger partial charge on any atom is -0.439 e. The Hall–Kier alpha value is -2.44. The second-order valence-corrected chi connectivity index (χ2v) is 6.78. The third-order valence-electron chi connectivity index (χ3n) is 5.07. The third-order valence-corrected chi connectivity index (χ3v) is 5.07. The van der Waals surface area contributed by atoms with E-state index in [0.717, 1.165) is 51.4 Å². The van der Waals surface area contributed by atoms with Crippen molar-refractivity contribution in [1.29, 1.82) is 0 Å². The molecular formula is C20H24N4O2. The van der Waals surface area contributed by atoms with E-state index in [1.165, 1.54) is 0 Å². The van der Waals surface area contributed by atoms with Crippen molar-refractivity contribution in [3.05, 3.63) is 54.2 Å². The van der Waals surface area contributed by atoms with Crippen molar-refractivity contribution in [2.24, 2.45) is 0 Å². The van der Waals surface area contributed by atoms with Gasteiger partial charge in [-0.3, -0.25) is 9.69 Å². The van der Waals surface area contributed by atoms with Gasteiger partial charge in [0.05, 0.1) is 5.56 Å². The molecule has 26 heavy (non-hydrogen) atoms. The van der Waals surface area contributed by atoms with Gasteiger partial charge in [-0.1, -0.05) is 18.2 Å². The van der Waals surface area contributed by atoms with Crippen LogP contribution in [0.3, 0.4) is 0 Å². The average molecular weight is 352 g/mol. The van der Waals surface area contributed by atoms with Crippen LogP contribution in [0.1, 0.15) is 16.8 Å². The lowest BCUT2D eigenvalue weighted by molar-refractivity contribution is 0.0773. The molecule has 0 radical (unpaired) electrons. The summed E-state index contributed by atoms with van der Waals surface area (Å²) in [6, 6.07) is 13.5. The first-order chi connectivity index (χ1) is 12.8. The minimum absolute atomic E-state index is 0.0568. The van der Waals surface area contributed by atoms with Crippen LogP contribution in [0.2, 0.25) is 0 Å².